The molecule has 0 saturated heterocycles. The van der Waals surface area contributed by atoms with E-state index in [-0.39, 0.29) is 30.1 Å². The maximum absolute atomic E-state index is 13.4. The maximum Gasteiger partial charge on any atom is 0.259 e. The lowest BCUT2D eigenvalue weighted by Gasteiger charge is -2.29. The van der Waals surface area contributed by atoms with Crippen molar-refractivity contribution in [2.45, 2.75) is 23.9 Å². The quantitative estimate of drug-likeness (QED) is 0.311. The Hall–Kier alpha value is -3.10. The molecule has 0 aromatic heterocycles. The van der Waals surface area contributed by atoms with Crippen LogP contribution in [0.25, 0.3) is 0 Å². The minimum Gasteiger partial charge on any atom is -0.508 e. The molecular weight excluding hydrogens is 479 g/mol. The number of aliphatic hydroxyl groups is 2. The summed E-state index contributed by atoms with van der Waals surface area (Å²) in [6.45, 7) is -0.588. The van der Waals surface area contributed by atoms with E-state index in [0.29, 0.717) is 27.5 Å². The average Bonchev–Trinajstić information content (AvgIpc) is 2.94. The molecule has 1 aliphatic rings. The summed E-state index contributed by atoms with van der Waals surface area (Å²) < 4.78 is 0. The molecule has 0 radical (unpaired) electrons. The minimum absolute atomic E-state index is 0.102. The van der Waals surface area contributed by atoms with Gasteiger partial charge in [-0.3, -0.25) is 14.5 Å². The highest BCUT2D eigenvalue weighted by Crippen LogP contribution is 2.42. The highest BCUT2D eigenvalue weighted by atomic mass is 35.5. The van der Waals surface area contributed by atoms with Crippen molar-refractivity contribution in [2.24, 2.45) is 0 Å². The van der Waals surface area contributed by atoms with Gasteiger partial charge in [-0.2, -0.15) is 0 Å². The Morgan fingerprint density at radius 1 is 1.09 bits per heavy atom. The summed E-state index contributed by atoms with van der Waals surface area (Å²) in [4.78, 5) is 27.3. The number of halogens is 2. The van der Waals surface area contributed by atoms with Crippen molar-refractivity contribution in [1.82, 2.24) is 0 Å². The molecule has 3 aromatic rings. The van der Waals surface area contributed by atoms with Gasteiger partial charge in [-0.05, 0) is 67.4 Å². The van der Waals surface area contributed by atoms with Gasteiger partial charge in [0.25, 0.3) is 11.8 Å². The van der Waals surface area contributed by atoms with Crippen LogP contribution in [0.4, 0.5) is 11.4 Å². The third-order valence-electron chi connectivity index (χ3n) is 5.81. The first-order valence-corrected chi connectivity index (χ1v) is 11.4. The van der Waals surface area contributed by atoms with Crippen molar-refractivity contribution >= 4 is 46.4 Å². The van der Waals surface area contributed by atoms with E-state index in [1.54, 1.807) is 48.5 Å². The van der Waals surface area contributed by atoms with E-state index in [1.165, 1.54) is 23.1 Å². The predicted octanol–water partition coefficient (Wildman–Crippen LogP) is 4.48. The van der Waals surface area contributed by atoms with Gasteiger partial charge in [0.1, 0.15) is 16.9 Å². The zero-order valence-electron chi connectivity index (χ0n) is 17.9. The summed E-state index contributed by atoms with van der Waals surface area (Å²) in [5.74, 6) is -0.919. The number of nitrogens with one attached hydrogen (secondary N) is 1. The van der Waals surface area contributed by atoms with Gasteiger partial charge in [-0.15, -0.1) is 0 Å². The molecule has 34 heavy (non-hydrogen) atoms. The largest absolute Gasteiger partial charge is 0.508 e. The molecule has 0 fully saturated rings. The fourth-order valence-corrected chi connectivity index (χ4v) is 4.48. The summed E-state index contributed by atoms with van der Waals surface area (Å²) in [5.41, 5.74) is -0.827. The van der Waals surface area contributed by atoms with Crippen molar-refractivity contribution in [3.63, 3.8) is 0 Å². The number of carbonyl (C=O) groups is 2. The van der Waals surface area contributed by atoms with Crippen molar-refractivity contribution < 1.29 is 24.9 Å². The Morgan fingerprint density at radius 3 is 2.47 bits per heavy atom. The van der Waals surface area contributed by atoms with E-state index in [4.69, 9.17) is 23.2 Å². The van der Waals surface area contributed by atoms with Crippen LogP contribution in [-0.4, -0.2) is 39.2 Å². The minimum atomic E-state index is -1.65. The highest BCUT2D eigenvalue weighted by Gasteiger charge is 2.40. The lowest BCUT2D eigenvalue weighted by Crippen LogP contribution is -2.37. The van der Waals surface area contributed by atoms with Crippen molar-refractivity contribution in [3.05, 3.63) is 88.4 Å². The third kappa shape index (κ3) is 4.60. The van der Waals surface area contributed by atoms with E-state index < -0.39 is 23.6 Å². The summed E-state index contributed by atoms with van der Waals surface area (Å²) in [5, 5.41) is 33.8. The fraction of sp³-hybridized carbons (Fsp3) is 0.200. The molecule has 1 aliphatic heterocycles. The summed E-state index contributed by atoms with van der Waals surface area (Å²) in [7, 11) is 0. The number of fused-ring (bicyclic) bond motifs is 1. The summed E-state index contributed by atoms with van der Waals surface area (Å²) in [6.07, 6.45) is 0.316. The van der Waals surface area contributed by atoms with Crippen LogP contribution < -0.4 is 10.2 Å². The van der Waals surface area contributed by atoms with E-state index in [0.717, 1.165) is 0 Å². The van der Waals surface area contributed by atoms with Gasteiger partial charge in [-0.25, -0.2) is 0 Å². The molecule has 2 unspecified atom stereocenters. The Balaban J connectivity index is 1.61. The number of carbonyl (C=O) groups excluding carboxylic acids is 2. The molecule has 4 N–H and O–H groups in total. The molecule has 2 atom stereocenters. The third-order valence-corrected chi connectivity index (χ3v) is 6.55. The topological polar surface area (TPSA) is 110 Å². The van der Waals surface area contributed by atoms with Crippen LogP contribution in [0.1, 0.15) is 39.1 Å². The number of phenols is 1. The van der Waals surface area contributed by atoms with Crippen LogP contribution in [-0.2, 0) is 5.60 Å². The van der Waals surface area contributed by atoms with Crippen molar-refractivity contribution in [3.8, 4) is 5.75 Å². The number of amides is 2. The lowest BCUT2D eigenvalue weighted by molar-refractivity contribution is -0.0257. The Kier molecular flexibility index (Phi) is 6.81. The predicted molar refractivity (Wildman–Crippen MR) is 131 cm³/mol. The molecule has 2 amide bonds. The molecule has 0 bridgehead atoms. The summed E-state index contributed by atoms with van der Waals surface area (Å²) in [6, 6.07) is 17.2. The number of benzene rings is 3. The van der Waals surface area contributed by atoms with Crippen LogP contribution in [0, 0.1) is 0 Å². The number of nitrogens with zero attached hydrogens (tertiary/aromatic N) is 1. The highest BCUT2D eigenvalue weighted by molar-refractivity contribution is 6.34. The molecule has 0 aliphatic carbocycles. The molecule has 9 heteroatoms. The molecule has 176 valence electrons. The molecule has 4 rings (SSSR count). The number of alkyl halides is 1. The number of hydrogen-bond donors (Lipinski definition) is 4. The second kappa shape index (κ2) is 9.64. The number of phenolic OH excluding ortho intramolecular Hbond substituents is 1. The number of hydrogen-bond acceptors (Lipinski definition) is 5. The van der Waals surface area contributed by atoms with E-state index in [9.17, 15) is 24.9 Å². The standard InChI is InChI=1S/C25H22Cl2N2O5/c26-20-4-2-1-3-18(20)23(32)28-16-7-5-15(6-8-16)24(33)29-21-10-9-17(31)13-19(21)25(34,14-30)12-11-22(29)27/h1-10,13,22,30-31,34H,11-12,14H2,(H,28,32). The van der Waals surface area contributed by atoms with Crippen molar-refractivity contribution in [1.29, 1.82) is 0 Å². The first-order chi connectivity index (χ1) is 16.2. The van der Waals surface area contributed by atoms with Crippen LogP contribution >= 0.6 is 23.2 Å². The molecule has 0 saturated carbocycles. The number of rotatable bonds is 4. The number of anilines is 2. The average molecular weight is 501 g/mol. The SMILES string of the molecule is O=C(Nc1ccc(C(=O)N2c3ccc(O)cc3C(O)(CO)CCC2Cl)cc1)c1ccccc1Cl. The van der Waals surface area contributed by atoms with Gasteiger partial charge < -0.3 is 20.6 Å². The normalized spacial score (nSPS) is 19.8. The molecular formula is C25H22Cl2N2O5. The molecule has 0 spiro atoms. The van der Waals surface area contributed by atoms with Gasteiger partial charge in [0, 0.05) is 16.8 Å². The second-order valence-electron chi connectivity index (χ2n) is 8.05. The molecule has 3 aromatic carbocycles. The molecule has 1 heterocycles. The van der Waals surface area contributed by atoms with Crippen molar-refractivity contribution in [2.75, 3.05) is 16.8 Å². The van der Waals surface area contributed by atoms with E-state index >= 15 is 0 Å². The second-order valence-corrected chi connectivity index (χ2v) is 8.96. The van der Waals surface area contributed by atoms with Gasteiger partial charge in [0.2, 0.25) is 0 Å². The van der Waals surface area contributed by atoms with E-state index in [1.807, 2.05) is 0 Å². The fourth-order valence-electron chi connectivity index (χ4n) is 3.96. The Morgan fingerprint density at radius 2 is 1.79 bits per heavy atom. The monoisotopic (exact) mass is 500 g/mol. The van der Waals surface area contributed by atoms with Crippen LogP contribution in [0.2, 0.25) is 5.02 Å². The zero-order chi connectivity index (χ0) is 24.5. The summed E-state index contributed by atoms with van der Waals surface area (Å²) >= 11 is 12.6. The van der Waals surface area contributed by atoms with Gasteiger partial charge in [0.15, 0.2) is 0 Å². The van der Waals surface area contributed by atoms with Gasteiger partial charge in [-0.1, -0.05) is 35.3 Å². The van der Waals surface area contributed by atoms with Gasteiger partial charge >= 0.3 is 0 Å². The Labute approximate surface area is 206 Å². The van der Waals surface area contributed by atoms with Crippen LogP contribution in [0.5, 0.6) is 5.75 Å². The first-order valence-electron chi connectivity index (χ1n) is 10.5. The van der Waals surface area contributed by atoms with E-state index in [2.05, 4.69) is 5.32 Å². The van der Waals surface area contributed by atoms with Crippen LogP contribution in [0.3, 0.4) is 0 Å². The number of aliphatic hydroxyl groups excluding tert-OH is 1. The Bertz CT molecular complexity index is 1230. The lowest BCUT2D eigenvalue weighted by atomic mass is 9.89. The molecule has 7 nitrogen and oxygen atoms in total. The first kappa shape index (κ1) is 24.0. The number of aromatic hydroxyl groups is 1. The zero-order valence-corrected chi connectivity index (χ0v) is 19.4. The smallest absolute Gasteiger partial charge is 0.259 e. The van der Waals surface area contributed by atoms with Gasteiger partial charge in [0.05, 0.1) is 22.9 Å². The maximum atomic E-state index is 13.4. The van der Waals surface area contributed by atoms with Crippen LogP contribution in [0.15, 0.2) is 66.7 Å².